The molecule has 0 fully saturated rings. The summed E-state index contributed by atoms with van der Waals surface area (Å²) >= 11 is 0. The van der Waals surface area contributed by atoms with Gasteiger partial charge in [0.2, 0.25) is 0 Å². The zero-order valence-electron chi connectivity index (χ0n) is 16.6. The minimum atomic E-state index is -0.914. The lowest BCUT2D eigenvalue weighted by Crippen LogP contribution is -2.07. The summed E-state index contributed by atoms with van der Waals surface area (Å²) in [5, 5.41) is 9.00. The van der Waals surface area contributed by atoms with Crippen LogP contribution in [0.1, 0.15) is 30.1 Å². The van der Waals surface area contributed by atoms with Crippen LogP contribution in [0.2, 0.25) is 0 Å². The maximum Gasteiger partial charge on any atom is 0.335 e. The third-order valence-electron chi connectivity index (χ3n) is 4.68. The summed E-state index contributed by atoms with van der Waals surface area (Å²) in [6.45, 7) is 4.10. The fraction of sp³-hybridized carbons (Fsp3) is 0.240. The van der Waals surface area contributed by atoms with Gasteiger partial charge in [-0.1, -0.05) is 61.9 Å². The molecule has 0 spiro atoms. The molecular formula is C25H26O4. The highest BCUT2D eigenvalue weighted by Gasteiger charge is 2.04. The Morgan fingerprint density at radius 1 is 0.724 bits per heavy atom. The van der Waals surface area contributed by atoms with Crippen molar-refractivity contribution in [3.8, 4) is 28.0 Å². The second-order valence-corrected chi connectivity index (χ2v) is 6.80. The van der Waals surface area contributed by atoms with Gasteiger partial charge in [-0.05, 0) is 52.9 Å². The first-order chi connectivity index (χ1) is 14.2. The Kier molecular flexibility index (Phi) is 7.42. The number of carboxylic acids is 1. The zero-order valence-corrected chi connectivity index (χ0v) is 16.6. The number of hydrogen-bond donors (Lipinski definition) is 1. The minimum Gasteiger partial charge on any atom is -0.491 e. The van der Waals surface area contributed by atoms with E-state index in [1.54, 1.807) is 12.1 Å². The normalized spacial score (nSPS) is 10.7. The summed E-state index contributed by atoms with van der Waals surface area (Å²) in [7, 11) is 0. The number of carboxylic acid groups (broad SMARTS) is 1. The van der Waals surface area contributed by atoms with Gasteiger partial charge in [0, 0.05) is 6.61 Å². The Morgan fingerprint density at radius 3 is 1.69 bits per heavy atom. The summed E-state index contributed by atoms with van der Waals surface area (Å²) in [5.41, 5.74) is 4.56. The Morgan fingerprint density at radius 2 is 1.21 bits per heavy atom. The molecule has 150 valence electrons. The fourth-order valence-corrected chi connectivity index (χ4v) is 2.97. The molecular weight excluding hydrogens is 364 g/mol. The molecule has 3 aromatic carbocycles. The molecule has 0 radical (unpaired) electrons. The summed E-state index contributed by atoms with van der Waals surface area (Å²) in [4.78, 5) is 11.0. The van der Waals surface area contributed by atoms with E-state index in [2.05, 4.69) is 19.1 Å². The molecule has 29 heavy (non-hydrogen) atoms. The summed E-state index contributed by atoms with van der Waals surface area (Å²) in [5.74, 6) is -0.0775. The molecule has 0 aliphatic heterocycles. The fourth-order valence-electron chi connectivity index (χ4n) is 2.97. The van der Waals surface area contributed by atoms with Gasteiger partial charge in [-0.3, -0.25) is 0 Å². The van der Waals surface area contributed by atoms with Gasteiger partial charge in [-0.2, -0.15) is 0 Å². The van der Waals surface area contributed by atoms with E-state index < -0.39 is 5.97 Å². The number of unbranched alkanes of at least 4 members (excludes halogenated alkanes) is 1. The smallest absolute Gasteiger partial charge is 0.335 e. The summed E-state index contributed by atoms with van der Waals surface area (Å²) in [6, 6.07) is 23.2. The van der Waals surface area contributed by atoms with Crippen molar-refractivity contribution in [3.63, 3.8) is 0 Å². The molecule has 0 bridgehead atoms. The van der Waals surface area contributed by atoms with E-state index in [4.69, 9.17) is 14.6 Å². The van der Waals surface area contributed by atoms with Crippen molar-refractivity contribution in [1.82, 2.24) is 0 Å². The van der Waals surface area contributed by atoms with E-state index in [9.17, 15) is 4.79 Å². The van der Waals surface area contributed by atoms with Gasteiger partial charge in [-0.25, -0.2) is 4.79 Å². The van der Waals surface area contributed by atoms with Crippen LogP contribution in [0, 0.1) is 0 Å². The quantitative estimate of drug-likeness (QED) is 0.437. The first-order valence-electron chi connectivity index (χ1n) is 9.92. The lowest BCUT2D eigenvalue weighted by Gasteiger charge is -2.09. The van der Waals surface area contributed by atoms with Crippen LogP contribution in [-0.2, 0) is 4.74 Å². The van der Waals surface area contributed by atoms with Gasteiger partial charge in [0.1, 0.15) is 12.4 Å². The van der Waals surface area contributed by atoms with Crippen molar-refractivity contribution < 1.29 is 19.4 Å². The minimum absolute atomic E-state index is 0.292. The third-order valence-corrected chi connectivity index (χ3v) is 4.68. The number of rotatable bonds is 10. The highest BCUT2D eigenvalue weighted by Crippen LogP contribution is 2.26. The van der Waals surface area contributed by atoms with Crippen molar-refractivity contribution in [2.75, 3.05) is 19.8 Å². The van der Waals surface area contributed by atoms with Crippen molar-refractivity contribution in [2.45, 2.75) is 19.8 Å². The van der Waals surface area contributed by atoms with Crippen molar-refractivity contribution in [1.29, 1.82) is 0 Å². The Balaban J connectivity index is 1.57. The van der Waals surface area contributed by atoms with Gasteiger partial charge in [0.25, 0.3) is 0 Å². The molecule has 4 nitrogen and oxygen atoms in total. The molecule has 0 aliphatic rings. The molecule has 0 amide bonds. The van der Waals surface area contributed by atoms with Crippen LogP contribution in [0.15, 0.2) is 72.8 Å². The van der Waals surface area contributed by atoms with Crippen LogP contribution >= 0.6 is 0 Å². The van der Waals surface area contributed by atoms with Crippen LogP contribution < -0.4 is 4.74 Å². The number of ether oxygens (including phenoxy) is 2. The Labute approximate surface area is 171 Å². The molecule has 3 rings (SSSR count). The average Bonchev–Trinajstić information content (AvgIpc) is 2.77. The molecule has 4 heteroatoms. The Bertz CT molecular complexity index is 897. The van der Waals surface area contributed by atoms with Crippen LogP contribution in [0.5, 0.6) is 5.75 Å². The molecule has 0 aromatic heterocycles. The standard InChI is InChI=1S/C25H26O4/c1-2-3-16-28-17-18-29-24-14-12-22(13-15-24)20-6-4-19(5-7-20)21-8-10-23(11-9-21)25(26)27/h4-15H,2-3,16-18H2,1H3,(H,26,27). The lowest BCUT2D eigenvalue weighted by atomic mass is 9.99. The van der Waals surface area contributed by atoms with E-state index in [0.717, 1.165) is 47.5 Å². The van der Waals surface area contributed by atoms with Gasteiger partial charge in [0.15, 0.2) is 0 Å². The predicted octanol–water partition coefficient (Wildman–Crippen LogP) is 5.91. The second-order valence-electron chi connectivity index (χ2n) is 6.80. The summed E-state index contributed by atoms with van der Waals surface area (Å²) in [6.07, 6.45) is 2.22. The topological polar surface area (TPSA) is 55.8 Å². The number of carbonyl (C=O) groups is 1. The second kappa shape index (κ2) is 10.4. The maximum absolute atomic E-state index is 11.0. The molecule has 3 aromatic rings. The maximum atomic E-state index is 11.0. The Hall–Kier alpha value is -3.11. The van der Waals surface area contributed by atoms with Gasteiger partial charge < -0.3 is 14.6 Å². The highest BCUT2D eigenvalue weighted by molar-refractivity contribution is 5.88. The van der Waals surface area contributed by atoms with Gasteiger partial charge in [-0.15, -0.1) is 0 Å². The molecule has 1 N–H and O–H groups in total. The number of benzene rings is 3. The largest absolute Gasteiger partial charge is 0.491 e. The average molecular weight is 390 g/mol. The van der Waals surface area contributed by atoms with Gasteiger partial charge >= 0.3 is 5.97 Å². The molecule has 0 heterocycles. The van der Waals surface area contributed by atoms with Crippen LogP contribution in [-0.4, -0.2) is 30.9 Å². The van der Waals surface area contributed by atoms with E-state index in [1.165, 1.54) is 0 Å². The number of aromatic carboxylic acids is 1. The number of hydrogen-bond acceptors (Lipinski definition) is 3. The van der Waals surface area contributed by atoms with E-state index in [-0.39, 0.29) is 0 Å². The summed E-state index contributed by atoms with van der Waals surface area (Å²) < 4.78 is 11.2. The third kappa shape index (κ3) is 5.93. The molecule has 0 saturated carbocycles. The zero-order chi connectivity index (χ0) is 20.5. The van der Waals surface area contributed by atoms with Crippen molar-refractivity contribution in [2.24, 2.45) is 0 Å². The first-order valence-corrected chi connectivity index (χ1v) is 9.92. The van der Waals surface area contributed by atoms with E-state index >= 15 is 0 Å². The van der Waals surface area contributed by atoms with Crippen LogP contribution in [0.3, 0.4) is 0 Å². The molecule has 0 atom stereocenters. The van der Waals surface area contributed by atoms with Crippen molar-refractivity contribution >= 4 is 5.97 Å². The molecule has 0 unspecified atom stereocenters. The SMILES string of the molecule is CCCCOCCOc1ccc(-c2ccc(-c3ccc(C(=O)O)cc3)cc2)cc1. The predicted molar refractivity (Wildman–Crippen MR) is 115 cm³/mol. The molecule has 0 saturated heterocycles. The van der Waals surface area contributed by atoms with E-state index in [1.807, 2.05) is 48.5 Å². The van der Waals surface area contributed by atoms with Crippen LogP contribution in [0.4, 0.5) is 0 Å². The monoisotopic (exact) mass is 390 g/mol. The lowest BCUT2D eigenvalue weighted by molar-refractivity contribution is 0.0697. The van der Waals surface area contributed by atoms with E-state index in [0.29, 0.717) is 18.8 Å². The van der Waals surface area contributed by atoms with Crippen molar-refractivity contribution in [3.05, 3.63) is 78.4 Å². The molecule has 0 aliphatic carbocycles. The van der Waals surface area contributed by atoms with Crippen LogP contribution in [0.25, 0.3) is 22.3 Å². The van der Waals surface area contributed by atoms with Gasteiger partial charge in [0.05, 0.1) is 12.2 Å². The highest BCUT2D eigenvalue weighted by atomic mass is 16.5. The first kappa shape index (κ1) is 20.6.